The molecule has 0 saturated heterocycles. The van der Waals surface area contributed by atoms with E-state index in [4.69, 9.17) is 5.11 Å². The summed E-state index contributed by atoms with van der Waals surface area (Å²) in [4.78, 5) is 0. The molecule has 0 aromatic carbocycles. The van der Waals surface area contributed by atoms with Crippen molar-refractivity contribution in [2.75, 3.05) is 6.61 Å². The minimum atomic E-state index is 0.256. The molecule has 3 aliphatic rings. The third kappa shape index (κ3) is 0.934. The van der Waals surface area contributed by atoms with Crippen LogP contribution in [0.2, 0.25) is 0 Å². The Morgan fingerprint density at radius 3 is 3.14 bits per heavy atom. The largest absolute Gasteiger partial charge is 0.396 e. The van der Waals surface area contributed by atoms with E-state index in [9.17, 15) is 0 Å². The summed E-state index contributed by atoms with van der Waals surface area (Å²) in [6, 6.07) is 0. The minimum Gasteiger partial charge on any atom is -0.396 e. The molecule has 0 radical (unpaired) electrons. The van der Waals surface area contributed by atoms with Crippen LogP contribution in [0, 0.1) is 5.41 Å². The second-order valence-corrected chi connectivity index (χ2v) is 4.40. The van der Waals surface area contributed by atoms with E-state index < -0.39 is 0 Å². The maximum Gasteiger partial charge on any atom is 0.0471 e. The van der Waals surface area contributed by atoms with Gasteiger partial charge >= 0.3 is 0 Å². The van der Waals surface area contributed by atoms with E-state index in [1.807, 2.05) is 0 Å². The van der Waals surface area contributed by atoms with Crippen LogP contribution in [0.1, 0.15) is 19.3 Å². The maximum atomic E-state index is 9.00. The van der Waals surface area contributed by atoms with Gasteiger partial charge in [0.05, 0.1) is 0 Å². The van der Waals surface area contributed by atoms with Gasteiger partial charge in [-0.05, 0) is 30.4 Å². The summed E-state index contributed by atoms with van der Waals surface area (Å²) >= 11 is 0. The molecule has 1 atom stereocenters. The van der Waals surface area contributed by atoms with E-state index in [1.165, 1.54) is 23.1 Å². The van der Waals surface area contributed by atoms with Gasteiger partial charge < -0.3 is 5.11 Å². The van der Waals surface area contributed by atoms with Crippen LogP contribution in [0.4, 0.5) is 0 Å². The molecule has 0 aromatic rings. The molecule has 3 aliphatic carbocycles. The van der Waals surface area contributed by atoms with E-state index in [1.54, 1.807) is 0 Å². The molecule has 3 rings (SSSR count). The Kier molecular flexibility index (Phi) is 1.59. The first-order valence-corrected chi connectivity index (χ1v) is 5.25. The number of aliphatic hydroxyl groups excluding tert-OH is 1. The number of fused-ring (bicyclic) bond motifs is 1. The number of hydrogen-bond acceptors (Lipinski definition) is 1. The van der Waals surface area contributed by atoms with Crippen molar-refractivity contribution in [1.82, 2.24) is 0 Å². The van der Waals surface area contributed by atoms with Crippen molar-refractivity contribution in [3.8, 4) is 0 Å². The van der Waals surface area contributed by atoms with Crippen LogP contribution < -0.4 is 0 Å². The third-order valence-electron chi connectivity index (χ3n) is 3.55. The van der Waals surface area contributed by atoms with Gasteiger partial charge in [0.2, 0.25) is 0 Å². The Labute approximate surface area is 84.1 Å². The first kappa shape index (κ1) is 8.25. The smallest absolute Gasteiger partial charge is 0.0471 e. The Morgan fingerprint density at radius 2 is 2.36 bits per heavy atom. The van der Waals surface area contributed by atoms with Gasteiger partial charge in [-0.1, -0.05) is 36.0 Å². The van der Waals surface area contributed by atoms with Crippen LogP contribution in [0.25, 0.3) is 0 Å². The Bertz CT molecular complexity index is 395. The summed E-state index contributed by atoms with van der Waals surface area (Å²) in [5.74, 6) is 0. The van der Waals surface area contributed by atoms with E-state index >= 15 is 0 Å². The summed E-state index contributed by atoms with van der Waals surface area (Å²) in [5, 5.41) is 9.00. The lowest BCUT2D eigenvalue weighted by atomic mass is 9.73. The first-order chi connectivity index (χ1) is 6.84. The molecule has 1 spiro atoms. The summed E-state index contributed by atoms with van der Waals surface area (Å²) in [7, 11) is 0. The number of allylic oxidation sites excluding steroid dienone is 7. The van der Waals surface area contributed by atoms with E-state index in [2.05, 4.69) is 30.4 Å². The third-order valence-corrected chi connectivity index (χ3v) is 3.55. The lowest BCUT2D eigenvalue weighted by Crippen LogP contribution is -2.18. The molecule has 1 heteroatoms. The topological polar surface area (TPSA) is 20.2 Å². The van der Waals surface area contributed by atoms with Gasteiger partial charge in [-0.2, -0.15) is 0 Å². The lowest BCUT2D eigenvalue weighted by Gasteiger charge is -2.30. The van der Waals surface area contributed by atoms with Crippen LogP contribution in [0.5, 0.6) is 0 Å². The summed E-state index contributed by atoms with van der Waals surface area (Å²) < 4.78 is 0. The molecule has 0 amide bonds. The van der Waals surface area contributed by atoms with Crippen molar-refractivity contribution in [2.24, 2.45) is 5.41 Å². The summed E-state index contributed by atoms with van der Waals surface area (Å²) in [6.45, 7) is 0.256. The van der Waals surface area contributed by atoms with Crippen LogP contribution in [0.15, 0.2) is 47.1 Å². The monoisotopic (exact) mass is 186 g/mol. The van der Waals surface area contributed by atoms with Gasteiger partial charge in [-0.25, -0.2) is 0 Å². The Hall–Kier alpha value is -1.08. The van der Waals surface area contributed by atoms with E-state index in [-0.39, 0.29) is 12.0 Å². The summed E-state index contributed by atoms with van der Waals surface area (Å²) in [5.41, 5.74) is 4.56. The van der Waals surface area contributed by atoms with Gasteiger partial charge in [0.1, 0.15) is 0 Å². The van der Waals surface area contributed by atoms with Crippen molar-refractivity contribution in [1.29, 1.82) is 0 Å². The average Bonchev–Trinajstić information content (AvgIpc) is 2.74. The van der Waals surface area contributed by atoms with Gasteiger partial charge in [0, 0.05) is 12.0 Å². The van der Waals surface area contributed by atoms with Crippen molar-refractivity contribution in [3.05, 3.63) is 47.1 Å². The van der Waals surface area contributed by atoms with Crippen LogP contribution in [-0.4, -0.2) is 11.7 Å². The molecule has 72 valence electrons. The van der Waals surface area contributed by atoms with Gasteiger partial charge in [-0.3, -0.25) is 0 Å². The molecule has 0 heterocycles. The maximum absolute atomic E-state index is 9.00. The number of hydrogen-bond donors (Lipinski definition) is 1. The second kappa shape index (κ2) is 2.71. The zero-order valence-corrected chi connectivity index (χ0v) is 8.16. The highest BCUT2D eigenvalue weighted by molar-refractivity contribution is 5.57. The van der Waals surface area contributed by atoms with Crippen molar-refractivity contribution in [2.45, 2.75) is 19.3 Å². The molecule has 14 heavy (non-hydrogen) atoms. The fourth-order valence-electron chi connectivity index (χ4n) is 2.87. The molecule has 0 fully saturated rings. The van der Waals surface area contributed by atoms with Crippen LogP contribution >= 0.6 is 0 Å². The second-order valence-electron chi connectivity index (χ2n) is 4.40. The zero-order valence-electron chi connectivity index (χ0n) is 8.16. The highest BCUT2D eigenvalue weighted by atomic mass is 16.2. The van der Waals surface area contributed by atoms with Crippen molar-refractivity contribution >= 4 is 0 Å². The SMILES string of the molecule is OCCC1=CC=CC23CC=C(C=C12)C3. The normalized spacial score (nSPS) is 32.5. The average molecular weight is 186 g/mol. The zero-order chi connectivity index (χ0) is 9.60. The first-order valence-electron chi connectivity index (χ1n) is 5.25. The Morgan fingerprint density at radius 1 is 1.43 bits per heavy atom. The standard InChI is InChI=1S/C13H14O/c14-7-4-11-2-1-5-13-6-3-10(9-13)8-12(11)13/h1-3,5,8,14H,4,6-7,9H2. The van der Waals surface area contributed by atoms with Crippen molar-refractivity contribution in [3.63, 3.8) is 0 Å². The van der Waals surface area contributed by atoms with Crippen molar-refractivity contribution < 1.29 is 5.11 Å². The Balaban J connectivity index is 2.04. The molecule has 0 aliphatic heterocycles. The predicted octanol–water partition coefficient (Wildman–Crippen LogP) is 2.51. The highest BCUT2D eigenvalue weighted by Gasteiger charge is 2.42. The van der Waals surface area contributed by atoms with E-state index in [0.29, 0.717) is 0 Å². The molecular formula is C13H14O. The fourth-order valence-corrected chi connectivity index (χ4v) is 2.87. The number of aliphatic hydroxyl groups is 1. The molecular weight excluding hydrogens is 172 g/mol. The molecule has 1 unspecified atom stereocenters. The van der Waals surface area contributed by atoms with Gasteiger partial charge in [-0.15, -0.1) is 0 Å². The van der Waals surface area contributed by atoms with Gasteiger partial charge in [0.15, 0.2) is 0 Å². The van der Waals surface area contributed by atoms with E-state index in [0.717, 1.165) is 12.8 Å². The molecule has 1 nitrogen and oxygen atoms in total. The molecule has 2 bridgehead atoms. The van der Waals surface area contributed by atoms with Gasteiger partial charge in [0.25, 0.3) is 0 Å². The minimum absolute atomic E-state index is 0.256. The van der Waals surface area contributed by atoms with Crippen LogP contribution in [0.3, 0.4) is 0 Å². The molecule has 1 N–H and O–H groups in total. The number of rotatable bonds is 2. The quantitative estimate of drug-likeness (QED) is 0.702. The lowest BCUT2D eigenvalue weighted by molar-refractivity contribution is 0.298. The predicted molar refractivity (Wildman–Crippen MR) is 56.8 cm³/mol. The molecule has 0 saturated carbocycles. The molecule has 0 aromatic heterocycles. The fraction of sp³-hybridized carbons (Fsp3) is 0.385. The summed E-state index contributed by atoms with van der Waals surface area (Å²) in [6.07, 6.45) is 14.4. The van der Waals surface area contributed by atoms with Crippen LogP contribution in [-0.2, 0) is 0 Å². The highest BCUT2D eigenvalue weighted by Crippen LogP contribution is 2.55.